The average molecular weight is 291 g/mol. The van der Waals surface area contributed by atoms with Crippen molar-refractivity contribution >= 4 is 23.7 Å². The van der Waals surface area contributed by atoms with Crippen LogP contribution in [0.2, 0.25) is 0 Å². The summed E-state index contributed by atoms with van der Waals surface area (Å²) >= 11 is 1.67. The highest BCUT2D eigenvalue weighted by Gasteiger charge is 2.39. The van der Waals surface area contributed by atoms with Gasteiger partial charge in [-0.2, -0.15) is 0 Å². The minimum atomic E-state index is 0. The number of aryl methyl sites for hydroxylation is 1. The van der Waals surface area contributed by atoms with Crippen LogP contribution in [0.1, 0.15) is 23.5 Å². The molecule has 0 radical (unpaired) electrons. The molecule has 1 aromatic rings. The first-order valence-corrected chi connectivity index (χ1v) is 7.08. The molecule has 0 spiro atoms. The Hall–Kier alpha value is -0.200. The van der Waals surface area contributed by atoms with Crippen LogP contribution in [-0.4, -0.2) is 36.4 Å². The topological polar surface area (TPSA) is 43.4 Å². The van der Waals surface area contributed by atoms with Gasteiger partial charge in [0, 0.05) is 18.0 Å². The molecule has 0 unspecified atom stereocenters. The first kappa shape index (κ1) is 14.2. The average Bonchev–Trinajstić information content (AvgIpc) is 2.93. The lowest BCUT2D eigenvalue weighted by Crippen LogP contribution is -2.48. The molecule has 3 atom stereocenters. The Kier molecular flexibility index (Phi) is 4.98. The van der Waals surface area contributed by atoms with Gasteiger partial charge in [0.2, 0.25) is 0 Å². The highest BCUT2D eigenvalue weighted by atomic mass is 35.5. The van der Waals surface area contributed by atoms with Crippen molar-refractivity contribution < 1.29 is 9.47 Å². The van der Waals surface area contributed by atoms with Crippen molar-refractivity contribution in [2.24, 2.45) is 0 Å². The van der Waals surface area contributed by atoms with E-state index in [0.717, 1.165) is 36.7 Å². The zero-order valence-electron chi connectivity index (χ0n) is 10.4. The van der Waals surface area contributed by atoms with E-state index >= 15 is 0 Å². The highest BCUT2D eigenvalue weighted by molar-refractivity contribution is 7.09. The Labute approximate surface area is 117 Å². The Morgan fingerprint density at radius 2 is 2.44 bits per heavy atom. The van der Waals surface area contributed by atoms with Gasteiger partial charge in [0.15, 0.2) is 0 Å². The van der Waals surface area contributed by atoms with Crippen molar-refractivity contribution in [3.05, 3.63) is 16.1 Å². The third-order valence-electron chi connectivity index (χ3n) is 3.46. The smallest absolute Gasteiger partial charge is 0.0989 e. The summed E-state index contributed by atoms with van der Waals surface area (Å²) in [7, 11) is 0. The van der Waals surface area contributed by atoms with E-state index in [1.54, 1.807) is 11.3 Å². The first-order valence-electron chi connectivity index (χ1n) is 6.20. The number of hydrogen-bond acceptors (Lipinski definition) is 5. The first-order chi connectivity index (χ1) is 8.33. The van der Waals surface area contributed by atoms with E-state index in [1.807, 2.05) is 6.92 Å². The van der Waals surface area contributed by atoms with Crippen LogP contribution < -0.4 is 5.32 Å². The zero-order chi connectivity index (χ0) is 11.7. The van der Waals surface area contributed by atoms with Gasteiger partial charge >= 0.3 is 0 Å². The van der Waals surface area contributed by atoms with Crippen molar-refractivity contribution in [3.8, 4) is 0 Å². The van der Waals surface area contributed by atoms with Gasteiger partial charge in [0.05, 0.1) is 36.1 Å². The number of rotatable bonds is 3. The molecule has 1 saturated heterocycles. The minimum Gasteiger partial charge on any atom is -0.373 e. The van der Waals surface area contributed by atoms with Gasteiger partial charge < -0.3 is 14.8 Å². The summed E-state index contributed by atoms with van der Waals surface area (Å²) in [5.41, 5.74) is 1.04. The summed E-state index contributed by atoms with van der Waals surface area (Å²) in [6, 6.07) is 0.492. The quantitative estimate of drug-likeness (QED) is 0.923. The zero-order valence-corrected chi connectivity index (χ0v) is 12.1. The minimum absolute atomic E-state index is 0. The largest absolute Gasteiger partial charge is 0.373 e. The predicted octanol–water partition coefficient (Wildman–Crippen LogP) is 1.91. The van der Waals surface area contributed by atoms with E-state index in [2.05, 4.69) is 15.7 Å². The number of nitrogens with one attached hydrogen (secondary N) is 1. The molecule has 1 aliphatic carbocycles. The Balaban J connectivity index is 0.00000120. The Bertz CT molecular complexity index is 388. The van der Waals surface area contributed by atoms with Gasteiger partial charge in [-0.05, 0) is 19.8 Å². The molecule has 0 bridgehead atoms. The summed E-state index contributed by atoms with van der Waals surface area (Å²) < 4.78 is 11.8. The summed E-state index contributed by atoms with van der Waals surface area (Å²) in [5.74, 6) is 0. The number of fused-ring (bicyclic) bond motifs is 1. The van der Waals surface area contributed by atoms with Crippen molar-refractivity contribution in [2.45, 2.75) is 44.6 Å². The van der Waals surface area contributed by atoms with Crippen LogP contribution in [0, 0.1) is 6.92 Å². The molecule has 1 aromatic heterocycles. The number of ether oxygens (including phenoxy) is 2. The summed E-state index contributed by atoms with van der Waals surface area (Å²) in [6.07, 6.45) is 2.72. The second-order valence-corrected chi connectivity index (χ2v) is 5.74. The lowest BCUT2D eigenvalue weighted by molar-refractivity contribution is -0.0840. The van der Waals surface area contributed by atoms with Crippen LogP contribution in [0.25, 0.3) is 0 Å². The van der Waals surface area contributed by atoms with Crippen molar-refractivity contribution in [3.63, 3.8) is 0 Å². The molecule has 1 aliphatic heterocycles. The van der Waals surface area contributed by atoms with E-state index in [1.165, 1.54) is 0 Å². The van der Waals surface area contributed by atoms with E-state index < -0.39 is 0 Å². The molecule has 2 aliphatic rings. The summed E-state index contributed by atoms with van der Waals surface area (Å²) in [6.45, 7) is 4.41. The van der Waals surface area contributed by atoms with E-state index in [0.29, 0.717) is 12.6 Å². The molecule has 1 N–H and O–H groups in total. The Morgan fingerprint density at radius 3 is 3.22 bits per heavy atom. The van der Waals surface area contributed by atoms with Crippen LogP contribution in [0.3, 0.4) is 0 Å². The second-order valence-electron chi connectivity index (χ2n) is 4.68. The lowest BCUT2D eigenvalue weighted by Gasteiger charge is -2.30. The molecule has 102 valence electrons. The van der Waals surface area contributed by atoms with Crippen molar-refractivity contribution in [2.75, 3.05) is 13.2 Å². The van der Waals surface area contributed by atoms with Gasteiger partial charge in [-0.25, -0.2) is 4.98 Å². The maximum Gasteiger partial charge on any atom is 0.0989 e. The fourth-order valence-corrected chi connectivity index (χ4v) is 3.25. The monoisotopic (exact) mass is 290 g/mol. The predicted molar refractivity (Wildman–Crippen MR) is 73.4 cm³/mol. The summed E-state index contributed by atoms with van der Waals surface area (Å²) in [4.78, 5) is 4.41. The van der Waals surface area contributed by atoms with Gasteiger partial charge in [0.1, 0.15) is 0 Å². The number of aromatic nitrogens is 1. The molecule has 0 aromatic carbocycles. The van der Waals surface area contributed by atoms with E-state index in [4.69, 9.17) is 9.47 Å². The fraction of sp³-hybridized carbons (Fsp3) is 0.750. The highest BCUT2D eigenvalue weighted by Crippen LogP contribution is 2.28. The Morgan fingerprint density at radius 1 is 1.56 bits per heavy atom. The van der Waals surface area contributed by atoms with Crippen molar-refractivity contribution in [1.82, 2.24) is 10.3 Å². The molecule has 2 fully saturated rings. The third kappa shape index (κ3) is 3.03. The van der Waals surface area contributed by atoms with E-state index in [-0.39, 0.29) is 24.6 Å². The van der Waals surface area contributed by atoms with E-state index in [9.17, 15) is 0 Å². The summed E-state index contributed by atoms with van der Waals surface area (Å²) in [5, 5.41) is 6.67. The molecule has 0 amide bonds. The van der Waals surface area contributed by atoms with Crippen LogP contribution in [0.15, 0.2) is 5.38 Å². The molecule has 18 heavy (non-hydrogen) atoms. The maximum atomic E-state index is 5.95. The normalized spacial score (nSPS) is 30.8. The molecule has 2 heterocycles. The fourth-order valence-electron chi connectivity index (χ4n) is 2.66. The van der Waals surface area contributed by atoms with Gasteiger partial charge in [-0.3, -0.25) is 0 Å². The molecular weight excluding hydrogens is 272 g/mol. The van der Waals surface area contributed by atoms with Crippen LogP contribution >= 0.6 is 23.7 Å². The SMILES string of the molecule is Cc1nc(CO[C@@H]2CC[C@@H]3NCCO[C@H]32)cs1.Cl. The lowest BCUT2D eigenvalue weighted by atomic mass is 10.2. The molecule has 6 heteroatoms. The molecule has 4 nitrogen and oxygen atoms in total. The van der Waals surface area contributed by atoms with Crippen LogP contribution in [0.4, 0.5) is 0 Å². The number of hydrogen-bond donors (Lipinski definition) is 1. The van der Waals surface area contributed by atoms with Gasteiger partial charge in [0.25, 0.3) is 0 Å². The van der Waals surface area contributed by atoms with Gasteiger partial charge in [-0.15, -0.1) is 23.7 Å². The van der Waals surface area contributed by atoms with Gasteiger partial charge in [-0.1, -0.05) is 0 Å². The molecule has 1 saturated carbocycles. The molecule has 3 rings (SSSR count). The number of morpholine rings is 1. The number of thiazole rings is 1. The van der Waals surface area contributed by atoms with Crippen LogP contribution in [-0.2, 0) is 16.1 Å². The maximum absolute atomic E-state index is 5.95. The molecular formula is C12H19ClN2O2S. The second kappa shape index (κ2) is 6.30. The standard InChI is InChI=1S/C12H18N2O2S.ClH/c1-8-14-9(7-17-8)6-16-11-3-2-10-12(11)15-5-4-13-10;/h7,10-13H,2-6H2,1H3;1H/t10-,11+,12+;/m0./s1. The number of nitrogens with zero attached hydrogens (tertiary/aromatic N) is 1. The van der Waals surface area contributed by atoms with Crippen LogP contribution in [0.5, 0.6) is 0 Å². The number of halogens is 1. The third-order valence-corrected chi connectivity index (χ3v) is 4.28. The van der Waals surface area contributed by atoms with Crippen molar-refractivity contribution in [1.29, 1.82) is 0 Å².